The minimum atomic E-state index is -2.50. The molecular weight excluding hydrogens is 380 g/mol. The van der Waals surface area contributed by atoms with Gasteiger partial charge in [-0.25, -0.2) is 0 Å². The quantitative estimate of drug-likeness (QED) is 0.366. The summed E-state index contributed by atoms with van der Waals surface area (Å²) in [6, 6.07) is 15.6. The number of hydrogen-bond donors (Lipinski definition) is 1. The highest BCUT2D eigenvalue weighted by molar-refractivity contribution is 7.99. The second-order valence-corrected chi connectivity index (χ2v) is 6.85. The first-order chi connectivity index (χ1) is 13.5. The number of nitrogens with one attached hydrogen (secondary N) is 1. The monoisotopic (exact) mass is 401 g/mol. The van der Waals surface area contributed by atoms with Crippen LogP contribution in [0.3, 0.4) is 0 Å². The maximum atomic E-state index is 12.3. The predicted octanol–water partition coefficient (Wildman–Crippen LogP) is 5.39. The van der Waals surface area contributed by atoms with Gasteiger partial charge in [-0.1, -0.05) is 23.9 Å². The van der Waals surface area contributed by atoms with Crippen molar-refractivity contribution in [3.8, 4) is 6.07 Å². The molecule has 1 N–H and O–H groups in total. The zero-order valence-electron chi connectivity index (χ0n) is 15.7. The molecule has 0 spiro atoms. The van der Waals surface area contributed by atoms with Crippen LogP contribution in [0.25, 0.3) is 6.08 Å². The molecule has 0 aliphatic carbocycles. The van der Waals surface area contributed by atoms with Crippen molar-refractivity contribution < 1.29 is 13.6 Å². The lowest BCUT2D eigenvalue weighted by molar-refractivity contribution is -0.112. The van der Waals surface area contributed by atoms with Crippen molar-refractivity contribution in [3.63, 3.8) is 0 Å². The van der Waals surface area contributed by atoms with E-state index in [1.54, 1.807) is 0 Å². The average molecular weight is 401 g/mol. The van der Waals surface area contributed by atoms with Crippen LogP contribution in [-0.2, 0) is 4.79 Å². The topological polar surface area (TPSA) is 56.1 Å². The van der Waals surface area contributed by atoms with E-state index in [1.807, 2.05) is 30.3 Å². The Labute approximate surface area is 167 Å². The first-order valence-corrected chi connectivity index (χ1v) is 9.67. The molecule has 0 radical (unpaired) electrons. The number of nitriles is 1. The van der Waals surface area contributed by atoms with Gasteiger partial charge in [0.25, 0.3) is 11.7 Å². The zero-order chi connectivity index (χ0) is 20.5. The van der Waals surface area contributed by atoms with Gasteiger partial charge in [-0.05, 0) is 61.9 Å². The summed E-state index contributed by atoms with van der Waals surface area (Å²) in [5.41, 5.74) is 2.21. The SMILES string of the molecule is CCN(CC)c1ccc(/C=C(\C#N)C(=O)Nc2ccc(SC(F)F)cc2)cc1. The van der Waals surface area contributed by atoms with Crippen molar-refractivity contribution in [2.24, 2.45) is 0 Å². The molecule has 2 aromatic carbocycles. The molecule has 1 amide bonds. The lowest BCUT2D eigenvalue weighted by atomic mass is 10.1. The summed E-state index contributed by atoms with van der Waals surface area (Å²) in [6.07, 6.45) is 1.52. The molecule has 28 heavy (non-hydrogen) atoms. The fourth-order valence-corrected chi connectivity index (χ4v) is 3.10. The number of nitrogens with zero attached hydrogens (tertiary/aromatic N) is 2. The van der Waals surface area contributed by atoms with Crippen LogP contribution in [-0.4, -0.2) is 24.8 Å². The first-order valence-electron chi connectivity index (χ1n) is 8.79. The molecule has 0 bridgehead atoms. The number of hydrogen-bond acceptors (Lipinski definition) is 4. The Morgan fingerprint density at radius 2 is 1.75 bits per heavy atom. The number of alkyl halides is 2. The zero-order valence-corrected chi connectivity index (χ0v) is 16.5. The predicted molar refractivity (Wildman–Crippen MR) is 111 cm³/mol. The molecule has 0 aromatic heterocycles. The molecule has 0 unspecified atom stereocenters. The van der Waals surface area contributed by atoms with Gasteiger partial charge in [-0.2, -0.15) is 14.0 Å². The molecule has 0 heterocycles. The molecule has 0 aliphatic rings. The van der Waals surface area contributed by atoms with E-state index < -0.39 is 11.7 Å². The van der Waals surface area contributed by atoms with E-state index in [4.69, 9.17) is 0 Å². The average Bonchev–Trinajstić information content (AvgIpc) is 2.69. The smallest absolute Gasteiger partial charge is 0.288 e. The van der Waals surface area contributed by atoms with Gasteiger partial charge in [-0.3, -0.25) is 4.79 Å². The van der Waals surface area contributed by atoms with Gasteiger partial charge in [0.1, 0.15) is 11.6 Å². The molecule has 0 saturated carbocycles. The Morgan fingerprint density at radius 1 is 1.14 bits per heavy atom. The van der Waals surface area contributed by atoms with Crippen LogP contribution in [0.1, 0.15) is 19.4 Å². The highest BCUT2D eigenvalue weighted by Gasteiger charge is 2.11. The summed E-state index contributed by atoms with van der Waals surface area (Å²) in [5, 5.41) is 11.9. The van der Waals surface area contributed by atoms with Crippen molar-refractivity contribution in [1.82, 2.24) is 0 Å². The standard InChI is InChI=1S/C21H21F2N3OS/c1-3-26(4-2)18-9-5-15(6-10-18)13-16(14-24)20(27)25-17-7-11-19(12-8-17)28-21(22)23/h5-13,21H,3-4H2,1-2H3,(H,25,27)/b16-13+. The van der Waals surface area contributed by atoms with Gasteiger partial charge >= 0.3 is 0 Å². The van der Waals surface area contributed by atoms with E-state index in [-0.39, 0.29) is 5.57 Å². The summed E-state index contributed by atoms with van der Waals surface area (Å²) < 4.78 is 24.7. The molecule has 7 heteroatoms. The van der Waals surface area contributed by atoms with E-state index >= 15 is 0 Å². The largest absolute Gasteiger partial charge is 0.372 e. The van der Waals surface area contributed by atoms with E-state index in [0.29, 0.717) is 22.3 Å². The number of rotatable bonds is 8. The molecule has 0 aliphatic heterocycles. The number of halogens is 2. The summed E-state index contributed by atoms with van der Waals surface area (Å²) in [6.45, 7) is 5.95. The number of carbonyl (C=O) groups is 1. The van der Waals surface area contributed by atoms with Crippen molar-refractivity contribution in [3.05, 3.63) is 59.7 Å². The molecule has 0 saturated heterocycles. The fraction of sp³-hybridized carbons (Fsp3) is 0.238. The van der Waals surface area contributed by atoms with E-state index in [1.165, 1.54) is 30.3 Å². The Morgan fingerprint density at radius 3 is 2.25 bits per heavy atom. The Bertz CT molecular complexity index is 855. The van der Waals surface area contributed by atoms with Crippen LogP contribution in [0.5, 0.6) is 0 Å². The van der Waals surface area contributed by atoms with Crippen molar-refractivity contribution in [2.75, 3.05) is 23.3 Å². The number of thioether (sulfide) groups is 1. The highest BCUT2D eigenvalue weighted by Crippen LogP contribution is 2.26. The normalized spacial score (nSPS) is 11.2. The third-order valence-electron chi connectivity index (χ3n) is 4.04. The number of amides is 1. The lowest BCUT2D eigenvalue weighted by Crippen LogP contribution is -2.21. The van der Waals surface area contributed by atoms with E-state index in [9.17, 15) is 18.8 Å². The number of carbonyl (C=O) groups excluding carboxylic acids is 1. The van der Waals surface area contributed by atoms with Crippen LogP contribution >= 0.6 is 11.8 Å². The van der Waals surface area contributed by atoms with Gasteiger partial charge in [0.05, 0.1) is 0 Å². The Balaban J connectivity index is 2.09. The lowest BCUT2D eigenvalue weighted by Gasteiger charge is -2.20. The summed E-state index contributed by atoms with van der Waals surface area (Å²) in [7, 11) is 0. The van der Waals surface area contributed by atoms with Crippen LogP contribution in [0.15, 0.2) is 59.0 Å². The first kappa shape index (κ1) is 21.5. The number of anilines is 2. The summed E-state index contributed by atoms with van der Waals surface area (Å²) in [4.78, 5) is 14.9. The van der Waals surface area contributed by atoms with E-state index in [0.717, 1.165) is 24.3 Å². The number of benzene rings is 2. The highest BCUT2D eigenvalue weighted by atomic mass is 32.2. The third-order valence-corrected chi connectivity index (χ3v) is 4.76. The second kappa shape index (κ2) is 10.5. The Hall–Kier alpha value is -2.85. The second-order valence-electron chi connectivity index (χ2n) is 5.79. The third kappa shape index (κ3) is 6.10. The van der Waals surface area contributed by atoms with Gasteiger partial charge in [-0.15, -0.1) is 0 Å². The molecule has 146 valence electrons. The van der Waals surface area contributed by atoms with Crippen LogP contribution < -0.4 is 10.2 Å². The van der Waals surface area contributed by atoms with Crippen LogP contribution in [0.4, 0.5) is 20.2 Å². The van der Waals surface area contributed by atoms with E-state index in [2.05, 4.69) is 24.1 Å². The van der Waals surface area contributed by atoms with Crippen LogP contribution in [0, 0.1) is 11.3 Å². The van der Waals surface area contributed by atoms with Gasteiger partial charge in [0, 0.05) is 29.4 Å². The summed E-state index contributed by atoms with van der Waals surface area (Å²) >= 11 is 0.432. The van der Waals surface area contributed by atoms with Crippen LogP contribution in [0.2, 0.25) is 0 Å². The van der Waals surface area contributed by atoms with Gasteiger partial charge in [0.15, 0.2) is 0 Å². The van der Waals surface area contributed by atoms with Gasteiger partial charge < -0.3 is 10.2 Å². The minimum Gasteiger partial charge on any atom is -0.372 e. The van der Waals surface area contributed by atoms with Gasteiger partial charge in [0.2, 0.25) is 0 Å². The minimum absolute atomic E-state index is 0.0402. The molecule has 2 aromatic rings. The fourth-order valence-electron chi connectivity index (χ4n) is 2.60. The van der Waals surface area contributed by atoms with Crippen molar-refractivity contribution in [1.29, 1.82) is 5.26 Å². The molecule has 4 nitrogen and oxygen atoms in total. The molecular formula is C21H21F2N3OS. The molecule has 0 fully saturated rings. The molecule has 0 atom stereocenters. The molecule has 2 rings (SSSR count). The summed E-state index contributed by atoms with van der Waals surface area (Å²) in [5.74, 6) is -3.05. The van der Waals surface area contributed by atoms with Crippen molar-refractivity contribution >= 4 is 35.1 Å². The maximum Gasteiger partial charge on any atom is 0.288 e. The van der Waals surface area contributed by atoms with Crippen molar-refractivity contribution in [2.45, 2.75) is 24.5 Å². The Kier molecular flexibility index (Phi) is 8.02. The maximum absolute atomic E-state index is 12.3.